The molecule has 0 heterocycles. The molecule has 0 aromatic heterocycles. The SMILES string of the molecule is C=CCOCC(COc1cc(Oc2ccccc2)c(OCC(COCC=C)OC(=O)C(=C)C)c2ccccc12)OC(=O)C(=C)C. The van der Waals surface area contributed by atoms with Crippen molar-refractivity contribution < 1.29 is 42.7 Å². The predicted octanol–water partition coefficient (Wildman–Crippen LogP) is 6.77. The average molecular weight is 617 g/mol. The molecule has 0 spiro atoms. The Kier molecular flexibility index (Phi) is 13.9. The van der Waals surface area contributed by atoms with Gasteiger partial charge in [0.2, 0.25) is 0 Å². The number of ether oxygens (including phenoxy) is 7. The summed E-state index contributed by atoms with van der Waals surface area (Å²) in [5.74, 6) is 0.676. The molecular weight excluding hydrogens is 576 g/mol. The molecule has 0 radical (unpaired) electrons. The highest BCUT2D eigenvalue weighted by Gasteiger charge is 2.23. The van der Waals surface area contributed by atoms with Crippen LogP contribution in [-0.4, -0.2) is 63.8 Å². The van der Waals surface area contributed by atoms with Gasteiger partial charge in [0.05, 0.1) is 26.4 Å². The van der Waals surface area contributed by atoms with Crippen molar-refractivity contribution in [3.8, 4) is 23.0 Å². The number of hydrogen-bond donors (Lipinski definition) is 0. The maximum Gasteiger partial charge on any atom is 0.333 e. The van der Waals surface area contributed by atoms with E-state index >= 15 is 0 Å². The van der Waals surface area contributed by atoms with E-state index < -0.39 is 24.1 Å². The highest BCUT2D eigenvalue weighted by atomic mass is 16.6. The minimum Gasteiger partial charge on any atom is -0.489 e. The zero-order valence-corrected chi connectivity index (χ0v) is 25.8. The van der Waals surface area contributed by atoms with Crippen molar-refractivity contribution in [2.24, 2.45) is 0 Å². The van der Waals surface area contributed by atoms with E-state index in [1.54, 1.807) is 32.1 Å². The van der Waals surface area contributed by atoms with Gasteiger partial charge in [-0.1, -0.05) is 67.8 Å². The lowest BCUT2D eigenvalue weighted by Gasteiger charge is -2.23. The summed E-state index contributed by atoms with van der Waals surface area (Å²) in [6.07, 6.45) is 1.74. The summed E-state index contributed by atoms with van der Waals surface area (Å²) in [6, 6.07) is 18.4. The summed E-state index contributed by atoms with van der Waals surface area (Å²) in [5.41, 5.74) is 0.516. The van der Waals surface area contributed by atoms with E-state index in [-0.39, 0.29) is 50.8 Å². The lowest BCUT2D eigenvalue weighted by atomic mass is 10.1. The van der Waals surface area contributed by atoms with Gasteiger partial charge < -0.3 is 33.2 Å². The second kappa shape index (κ2) is 18.1. The quantitative estimate of drug-likeness (QED) is 0.0589. The van der Waals surface area contributed by atoms with Crippen LogP contribution in [0.2, 0.25) is 0 Å². The van der Waals surface area contributed by atoms with Crippen LogP contribution in [0.1, 0.15) is 13.8 Å². The van der Waals surface area contributed by atoms with Crippen molar-refractivity contribution >= 4 is 22.7 Å². The Morgan fingerprint density at radius 1 is 0.689 bits per heavy atom. The first-order valence-corrected chi connectivity index (χ1v) is 14.4. The van der Waals surface area contributed by atoms with Gasteiger partial charge in [-0.3, -0.25) is 0 Å². The number of para-hydroxylation sites is 1. The van der Waals surface area contributed by atoms with E-state index in [1.807, 2.05) is 54.6 Å². The van der Waals surface area contributed by atoms with Crippen molar-refractivity contribution in [3.05, 3.63) is 110 Å². The Morgan fingerprint density at radius 3 is 1.73 bits per heavy atom. The minimum absolute atomic E-state index is 0.00922. The fourth-order valence-electron chi connectivity index (χ4n) is 3.91. The standard InChI is InChI=1S/C36H40O9/c1-7-18-39-21-28(44-35(37)25(3)4)23-41-32-20-33(43-27-14-10-9-11-15-27)34(31-17-13-12-16-30(31)32)42-24-29(22-40-19-8-2)45-36(38)26(5)6/h7-17,20,28-29H,1-3,5,18-19,21-24H2,4,6H3. The summed E-state index contributed by atoms with van der Waals surface area (Å²) < 4.78 is 41.1. The van der Waals surface area contributed by atoms with Gasteiger partial charge in [0.15, 0.2) is 23.7 Å². The normalized spacial score (nSPS) is 12.0. The molecule has 0 aliphatic carbocycles. The Labute approximate surface area is 264 Å². The van der Waals surface area contributed by atoms with Crippen LogP contribution in [-0.2, 0) is 28.5 Å². The Morgan fingerprint density at radius 2 is 1.20 bits per heavy atom. The molecule has 0 saturated carbocycles. The van der Waals surface area contributed by atoms with Crippen molar-refractivity contribution in [2.75, 3.05) is 39.6 Å². The van der Waals surface area contributed by atoms with E-state index in [1.165, 1.54) is 0 Å². The minimum atomic E-state index is -0.743. The van der Waals surface area contributed by atoms with E-state index in [9.17, 15) is 9.59 Å². The second-order valence-electron chi connectivity index (χ2n) is 10.1. The highest BCUT2D eigenvalue weighted by Crippen LogP contribution is 2.43. The predicted molar refractivity (Wildman–Crippen MR) is 173 cm³/mol. The van der Waals surface area contributed by atoms with Gasteiger partial charge in [-0.25, -0.2) is 9.59 Å². The second-order valence-corrected chi connectivity index (χ2v) is 10.1. The summed E-state index contributed by atoms with van der Waals surface area (Å²) in [6.45, 7) is 18.4. The highest BCUT2D eigenvalue weighted by molar-refractivity contribution is 5.96. The maximum absolute atomic E-state index is 12.3. The lowest BCUT2D eigenvalue weighted by molar-refractivity contribution is -0.149. The van der Waals surface area contributed by atoms with Gasteiger partial charge in [0.25, 0.3) is 0 Å². The summed E-state index contributed by atoms with van der Waals surface area (Å²) in [4.78, 5) is 24.6. The molecule has 0 fully saturated rings. The van der Waals surface area contributed by atoms with Crippen molar-refractivity contribution in [1.29, 1.82) is 0 Å². The first kappa shape index (κ1) is 34.6. The van der Waals surface area contributed by atoms with Gasteiger partial charge in [0.1, 0.15) is 24.7 Å². The van der Waals surface area contributed by atoms with Crippen LogP contribution in [0.3, 0.4) is 0 Å². The molecule has 9 heteroatoms. The molecule has 0 bridgehead atoms. The molecule has 0 saturated heterocycles. The number of esters is 2. The Hall–Kier alpha value is -4.86. The largest absolute Gasteiger partial charge is 0.489 e. The molecular formula is C36H40O9. The van der Waals surface area contributed by atoms with Gasteiger partial charge >= 0.3 is 11.9 Å². The Balaban J connectivity index is 1.98. The number of rotatable bonds is 20. The van der Waals surface area contributed by atoms with Crippen LogP contribution in [0.4, 0.5) is 0 Å². The number of carbonyl (C=O) groups is 2. The van der Waals surface area contributed by atoms with Gasteiger partial charge in [-0.05, 0) is 26.0 Å². The van der Waals surface area contributed by atoms with Gasteiger partial charge in [-0.15, -0.1) is 13.2 Å². The third-order valence-corrected chi connectivity index (χ3v) is 6.06. The van der Waals surface area contributed by atoms with Crippen LogP contribution < -0.4 is 14.2 Å². The Bertz CT molecular complexity index is 1480. The van der Waals surface area contributed by atoms with Crippen LogP contribution in [0.15, 0.2) is 110 Å². The van der Waals surface area contributed by atoms with E-state index in [0.717, 1.165) is 0 Å². The maximum atomic E-state index is 12.3. The molecule has 3 aromatic rings. The van der Waals surface area contributed by atoms with E-state index in [0.29, 0.717) is 33.8 Å². The summed E-state index contributed by atoms with van der Waals surface area (Å²) >= 11 is 0. The van der Waals surface area contributed by atoms with Crippen LogP contribution in [0, 0.1) is 0 Å². The van der Waals surface area contributed by atoms with E-state index in [2.05, 4.69) is 26.3 Å². The molecule has 9 nitrogen and oxygen atoms in total. The molecule has 238 valence electrons. The van der Waals surface area contributed by atoms with Gasteiger partial charge in [-0.2, -0.15) is 0 Å². The fraction of sp³-hybridized carbons (Fsp3) is 0.278. The molecule has 2 atom stereocenters. The third-order valence-electron chi connectivity index (χ3n) is 6.06. The van der Waals surface area contributed by atoms with Crippen LogP contribution >= 0.6 is 0 Å². The van der Waals surface area contributed by atoms with Crippen LogP contribution in [0.5, 0.6) is 23.0 Å². The smallest absolute Gasteiger partial charge is 0.333 e. The van der Waals surface area contributed by atoms with E-state index in [4.69, 9.17) is 33.2 Å². The van der Waals surface area contributed by atoms with Crippen molar-refractivity contribution in [3.63, 3.8) is 0 Å². The first-order valence-electron chi connectivity index (χ1n) is 14.4. The molecule has 3 aromatic carbocycles. The first-order chi connectivity index (χ1) is 21.7. The average Bonchev–Trinajstić information content (AvgIpc) is 3.03. The molecule has 0 N–H and O–H groups in total. The van der Waals surface area contributed by atoms with Crippen molar-refractivity contribution in [1.82, 2.24) is 0 Å². The molecule has 0 amide bonds. The molecule has 0 aliphatic rings. The topological polar surface area (TPSA) is 98.8 Å². The molecule has 2 unspecified atom stereocenters. The van der Waals surface area contributed by atoms with Crippen LogP contribution in [0.25, 0.3) is 10.8 Å². The number of carbonyl (C=O) groups excluding carboxylic acids is 2. The number of benzene rings is 3. The lowest BCUT2D eigenvalue weighted by Crippen LogP contribution is -2.30. The third kappa shape index (κ3) is 11.0. The number of fused-ring (bicyclic) bond motifs is 1. The molecule has 45 heavy (non-hydrogen) atoms. The molecule has 3 rings (SSSR count). The fourth-order valence-corrected chi connectivity index (χ4v) is 3.91. The van der Waals surface area contributed by atoms with Gasteiger partial charge in [0, 0.05) is 28.0 Å². The molecule has 0 aliphatic heterocycles. The monoisotopic (exact) mass is 616 g/mol. The summed E-state index contributed by atoms with van der Waals surface area (Å²) in [7, 11) is 0. The van der Waals surface area contributed by atoms with Crippen molar-refractivity contribution in [2.45, 2.75) is 26.1 Å². The zero-order chi connectivity index (χ0) is 32.6. The number of hydrogen-bond acceptors (Lipinski definition) is 9. The zero-order valence-electron chi connectivity index (χ0n) is 25.8. The summed E-state index contributed by atoms with van der Waals surface area (Å²) in [5, 5.41) is 1.39.